The largest absolute Gasteiger partial charge is 0.492 e. The summed E-state index contributed by atoms with van der Waals surface area (Å²) in [6, 6.07) is 5.83. The molecule has 0 bridgehead atoms. The van der Waals surface area contributed by atoms with Crippen molar-refractivity contribution < 1.29 is 9.53 Å². The van der Waals surface area contributed by atoms with Crippen molar-refractivity contribution in [1.29, 1.82) is 0 Å². The van der Waals surface area contributed by atoms with E-state index in [1.54, 1.807) is 6.07 Å². The van der Waals surface area contributed by atoms with Crippen LogP contribution >= 0.6 is 28.1 Å². The number of carbonyl (C=O) groups excluding carboxylic acids is 1. The fourth-order valence-corrected chi connectivity index (χ4v) is 2.12. The molecule has 1 aliphatic carbocycles. The fourth-order valence-electron chi connectivity index (χ4n) is 1.60. The highest BCUT2D eigenvalue weighted by Crippen LogP contribution is 2.23. The average molecular weight is 343 g/mol. The van der Waals surface area contributed by atoms with E-state index in [1.807, 2.05) is 12.1 Å². The van der Waals surface area contributed by atoms with Gasteiger partial charge < -0.3 is 15.8 Å². The fraction of sp³-hybridized carbons (Fsp3) is 0.385. The first-order valence-electron chi connectivity index (χ1n) is 6.08. The van der Waals surface area contributed by atoms with Gasteiger partial charge in [-0.15, -0.1) is 0 Å². The number of halogens is 1. The van der Waals surface area contributed by atoms with Crippen LogP contribution in [0, 0.1) is 0 Å². The topological polar surface area (TPSA) is 64.3 Å². The van der Waals surface area contributed by atoms with Gasteiger partial charge in [0.05, 0.1) is 18.6 Å². The summed E-state index contributed by atoms with van der Waals surface area (Å²) in [5.74, 6) is 0.631. The second kappa shape index (κ2) is 6.34. The van der Waals surface area contributed by atoms with Gasteiger partial charge >= 0.3 is 0 Å². The Morgan fingerprint density at radius 3 is 2.89 bits per heavy atom. The smallest absolute Gasteiger partial charge is 0.223 e. The van der Waals surface area contributed by atoms with Crippen molar-refractivity contribution in [2.45, 2.75) is 25.3 Å². The predicted molar refractivity (Wildman–Crippen MR) is 81.3 cm³/mol. The second-order valence-corrected chi connectivity index (χ2v) is 5.80. The minimum atomic E-state index is 0.0245. The number of carbonyl (C=O) groups is 1. The molecule has 0 radical (unpaired) electrons. The number of amides is 1. The van der Waals surface area contributed by atoms with Crippen molar-refractivity contribution >= 4 is 39.0 Å². The van der Waals surface area contributed by atoms with Crippen molar-refractivity contribution in [3.63, 3.8) is 0 Å². The van der Waals surface area contributed by atoms with Gasteiger partial charge in [0.2, 0.25) is 5.91 Å². The number of hydrogen-bond acceptors (Lipinski definition) is 3. The van der Waals surface area contributed by atoms with Crippen LogP contribution in [0.1, 0.15) is 24.8 Å². The standard InChI is InChI=1S/C13H15BrN2O2S/c14-8-1-4-11(10(7-8)13(15)19)18-6-5-12(17)16-9-2-3-9/h1,4,7,9H,2-3,5-6H2,(H2,15,19)(H,16,17). The van der Waals surface area contributed by atoms with Crippen LogP contribution in [0.15, 0.2) is 22.7 Å². The Morgan fingerprint density at radius 2 is 2.26 bits per heavy atom. The molecule has 0 heterocycles. The van der Waals surface area contributed by atoms with Gasteiger partial charge in [-0.25, -0.2) is 0 Å². The quantitative estimate of drug-likeness (QED) is 0.777. The first-order chi connectivity index (χ1) is 9.06. The summed E-state index contributed by atoms with van der Waals surface area (Å²) in [5.41, 5.74) is 6.31. The van der Waals surface area contributed by atoms with E-state index in [1.165, 1.54) is 0 Å². The van der Waals surface area contributed by atoms with Crippen molar-refractivity contribution in [2.24, 2.45) is 5.73 Å². The molecule has 1 saturated carbocycles. The molecule has 6 heteroatoms. The van der Waals surface area contributed by atoms with Gasteiger partial charge in [-0.3, -0.25) is 4.79 Å². The van der Waals surface area contributed by atoms with E-state index >= 15 is 0 Å². The summed E-state index contributed by atoms with van der Waals surface area (Å²) < 4.78 is 6.46. The minimum Gasteiger partial charge on any atom is -0.492 e. The summed E-state index contributed by atoms with van der Waals surface area (Å²) in [4.78, 5) is 11.8. The lowest BCUT2D eigenvalue weighted by Gasteiger charge is -2.11. The third-order valence-electron chi connectivity index (χ3n) is 2.74. The van der Waals surface area contributed by atoms with Gasteiger partial charge in [0.1, 0.15) is 10.7 Å². The van der Waals surface area contributed by atoms with Crippen LogP contribution in [0.25, 0.3) is 0 Å². The van der Waals surface area contributed by atoms with Crippen LogP contribution < -0.4 is 15.8 Å². The van der Waals surface area contributed by atoms with Gasteiger partial charge in [-0.2, -0.15) is 0 Å². The Balaban J connectivity index is 1.87. The van der Waals surface area contributed by atoms with Crippen molar-refractivity contribution in [3.05, 3.63) is 28.2 Å². The van der Waals surface area contributed by atoms with Crippen molar-refractivity contribution in [2.75, 3.05) is 6.61 Å². The van der Waals surface area contributed by atoms with Gasteiger partial charge in [-0.1, -0.05) is 28.1 Å². The minimum absolute atomic E-state index is 0.0245. The number of rotatable bonds is 6. The van der Waals surface area contributed by atoms with Crippen LogP contribution in [0.2, 0.25) is 0 Å². The van der Waals surface area contributed by atoms with E-state index in [0.717, 1.165) is 17.3 Å². The maximum absolute atomic E-state index is 11.5. The molecule has 0 aromatic heterocycles. The number of nitrogens with two attached hydrogens (primary N) is 1. The van der Waals surface area contributed by atoms with E-state index in [9.17, 15) is 4.79 Å². The van der Waals surface area contributed by atoms with E-state index in [0.29, 0.717) is 30.4 Å². The molecule has 0 aliphatic heterocycles. The summed E-state index contributed by atoms with van der Waals surface area (Å²) in [5, 5.41) is 2.91. The Bertz CT molecular complexity index is 503. The van der Waals surface area contributed by atoms with E-state index in [2.05, 4.69) is 21.2 Å². The zero-order valence-corrected chi connectivity index (χ0v) is 12.7. The number of thiocarbonyl (C=S) groups is 1. The number of hydrogen-bond donors (Lipinski definition) is 2. The monoisotopic (exact) mass is 342 g/mol. The van der Waals surface area contributed by atoms with Gasteiger partial charge in [0.25, 0.3) is 0 Å². The molecule has 0 atom stereocenters. The predicted octanol–water partition coefficient (Wildman–Crippen LogP) is 2.13. The molecule has 19 heavy (non-hydrogen) atoms. The van der Waals surface area contributed by atoms with Crippen LogP contribution in [-0.2, 0) is 4.79 Å². The third-order valence-corrected chi connectivity index (χ3v) is 3.45. The Kier molecular flexibility index (Phi) is 4.76. The maximum atomic E-state index is 11.5. The van der Waals surface area contributed by atoms with Crippen LogP contribution in [0.3, 0.4) is 0 Å². The Labute approximate surface area is 125 Å². The molecule has 0 unspecified atom stereocenters. The SMILES string of the molecule is NC(=S)c1cc(Br)ccc1OCCC(=O)NC1CC1. The summed E-state index contributed by atoms with van der Waals surface area (Å²) in [7, 11) is 0. The molecule has 1 aromatic carbocycles. The third kappa shape index (κ3) is 4.47. The van der Waals surface area contributed by atoms with Gasteiger partial charge in [-0.05, 0) is 31.0 Å². The lowest BCUT2D eigenvalue weighted by Crippen LogP contribution is -2.26. The van der Waals surface area contributed by atoms with Crippen molar-refractivity contribution in [3.8, 4) is 5.75 Å². The van der Waals surface area contributed by atoms with Crippen LogP contribution in [-0.4, -0.2) is 23.5 Å². The molecule has 2 rings (SSSR count). The Morgan fingerprint density at radius 1 is 1.53 bits per heavy atom. The highest BCUT2D eigenvalue weighted by molar-refractivity contribution is 9.10. The van der Waals surface area contributed by atoms with E-state index in [-0.39, 0.29) is 10.9 Å². The van der Waals surface area contributed by atoms with Crippen LogP contribution in [0.5, 0.6) is 5.75 Å². The maximum Gasteiger partial charge on any atom is 0.223 e. The Hall–Kier alpha value is -1.14. The molecule has 1 fully saturated rings. The van der Waals surface area contributed by atoms with E-state index in [4.69, 9.17) is 22.7 Å². The van der Waals surface area contributed by atoms with Crippen LogP contribution in [0.4, 0.5) is 0 Å². The molecule has 102 valence electrons. The highest BCUT2D eigenvalue weighted by atomic mass is 79.9. The summed E-state index contributed by atoms with van der Waals surface area (Å²) in [6.07, 6.45) is 2.51. The lowest BCUT2D eigenvalue weighted by molar-refractivity contribution is -0.121. The average Bonchev–Trinajstić information content (AvgIpc) is 3.14. The van der Waals surface area contributed by atoms with E-state index < -0.39 is 0 Å². The number of nitrogens with one attached hydrogen (secondary N) is 1. The van der Waals surface area contributed by atoms with Crippen molar-refractivity contribution in [1.82, 2.24) is 5.32 Å². The molecule has 4 nitrogen and oxygen atoms in total. The lowest BCUT2D eigenvalue weighted by atomic mass is 10.2. The summed E-state index contributed by atoms with van der Waals surface area (Å²) >= 11 is 8.33. The first-order valence-corrected chi connectivity index (χ1v) is 7.28. The summed E-state index contributed by atoms with van der Waals surface area (Å²) in [6.45, 7) is 0.315. The normalized spacial score (nSPS) is 13.9. The molecular weight excluding hydrogens is 328 g/mol. The second-order valence-electron chi connectivity index (χ2n) is 4.44. The molecular formula is C13H15BrN2O2S. The molecule has 3 N–H and O–H groups in total. The molecule has 1 aliphatic rings. The highest BCUT2D eigenvalue weighted by Gasteiger charge is 2.22. The molecule has 0 spiro atoms. The zero-order valence-electron chi connectivity index (χ0n) is 10.3. The first kappa shape index (κ1) is 14.3. The number of ether oxygens (including phenoxy) is 1. The molecule has 1 amide bonds. The molecule has 1 aromatic rings. The van der Waals surface area contributed by atoms with Gasteiger partial charge in [0.15, 0.2) is 0 Å². The molecule has 0 saturated heterocycles. The number of benzene rings is 1. The van der Waals surface area contributed by atoms with Gasteiger partial charge in [0, 0.05) is 10.5 Å². The zero-order chi connectivity index (χ0) is 13.8.